The minimum atomic E-state index is 0.837. The van der Waals surface area contributed by atoms with Crippen LogP contribution in [0.5, 0.6) is 0 Å². The highest BCUT2D eigenvalue weighted by molar-refractivity contribution is 5.32. The van der Waals surface area contributed by atoms with Crippen molar-refractivity contribution in [3.05, 3.63) is 96.6 Å². The van der Waals surface area contributed by atoms with E-state index in [9.17, 15) is 0 Å². The van der Waals surface area contributed by atoms with Gasteiger partial charge in [0.05, 0.1) is 23.8 Å². The van der Waals surface area contributed by atoms with E-state index < -0.39 is 0 Å². The summed E-state index contributed by atoms with van der Waals surface area (Å²) in [5.41, 5.74) is 4.52. The van der Waals surface area contributed by atoms with Crippen molar-refractivity contribution in [3.8, 4) is 11.4 Å². The smallest absolute Gasteiger partial charge is 0.0645 e. The molecule has 0 saturated carbocycles. The second kappa shape index (κ2) is 7.37. The summed E-state index contributed by atoms with van der Waals surface area (Å²) in [6.07, 6.45) is 8.02. The predicted molar refractivity (Wildman–Crippen MR) is 102 cm³/mol. The van der Waals surface area contributed by atoms with E-state index in [1.807, 2.05) is 58.2 Å². The van der Waals surface area contributed by atoms with Gasteiger partial charge >= 0.3 is 0 Å². The predicted octanol–water partition coefficient (Wildman–Crippen LogP) is 3.69. The van der Waals surface area contributed by atoms with E-state index in [4.69, 9.17) is 0 Å². The minimum absolute atomic E-state index is 0.837. The summed E-state index contributed by atoms with van der Waals surface area (Å²) < 4.78 is 3.83. The fourth-order valence-corrected chi connectivity index (χ4v) is 3.01. The molecule has 0 N–H and O–H groups in total. The number of rotatable bonds is 6. The van der Waals surface area contributed by atoms with Gasteiger partial charge < -0.3 is 0 Å². The summed E-state index contributed by atoms with van der Waals surface area (Å²) in [6.45, 7) is 1.67. The lowest BCUT2D eigenvalue weighted by Gasteiger charge is -2.14. The Labute approximate surface area is 153 Å². The van der Waals surface area contributed by atoms with Crippen LogP contribution in [0, 0.1) is 0 Å². The minimum Gasteiger partial charge on any atom is -0.298 e. The number of nitrogens with zero attached hydrogens (tertiary/aromatic N) is 5. The summed E-state index contributed by atoms with van der Waals surface area (Å²) in [6, 6.07) is 20.3. The normalized spacial score (nSPS) is 11.2. The van der Waals surface area contributed by atoms with Crippen molar-refractivity contribution in [1.82, 2.24) is 24.5 Å². The molecule has 0 radical (unpaired) electrons. The Hall–Kier alpha value is -3.18. The number of benzene rings is 2. The van der Waals surface area contributed by atoms with Crippen molar-refractivity contribution >= 4 is 0 Å². The highest BCUT2D eigenvalue weighted by atomic mass is 15.3. The van der Waals surface area contributed by atoms with Gasteiger partial charge in [-0.15, -0.1) is 0 Å². The average Bonchev–Trinajstić information content (AvgIpc) is 3.33. The van der Waals surface area contributed by atoms with Gasteiger partial charge in [0.15, 0.2) is 0 Å². The molecule has 0 aliphatic rings. The van der Waals surface area contributed by atoms with Crippen molar-refractivity contribution in [3.63, 3.8) is 0 Å². The average molecular weight is 343 g/mol. The molecule has 2 heterocycles. The number of aromatic nitrogens is 4. The quantitative estimate of drug-likeness (QED) is 0.536. The molecular weight excluding hydrogens is 322 g/mol. The molecular formula is C21H21N5. The zero-order valence-electron chi connectivity index (χ0n) is 14.7. The SMILES string of the molecule is CN(Cc1cnn(-c2ccccc2)c1)Cc1cnn(-c2ccccc2)c1. The highest BCUT2D eigenvalue weighted by Crippen LogP contribution is 2.12. The van der Waals surface area contributed by atoms with Gasteiger partial charge in [-0.25, -0.2) is 9.36 Å². The van der Waals surface area contributed by atoms with Gasteiger partial charge in [-0.1, -0.05) is 36.4 Å². The van der Waals surface area contributed by atoms with E-state index in [-0.39, 0.29) is 0 Å². The Bertz CT molecular complexity index is 877. The molecule has 0 saturated heterocycles. The molecule has 0 aliphatic carbocycles. The van der Waals surface area contributed by atoms with Crippen LogP contribution in [0.1, 0.15) is 11.1 Å². The third-order valence-electron chi connectivity index (χ3n) is 4.22. The lowest BCUT2D eigenvalue weighted by atomic mass is 10.3. The summed E-state index contributed by atoms with van der Waals surface area (Å²) in [7, 11) is 2.11. The monoisotopic (exact) mass is 343 g/mol. The van der Waals surface area contributed by atoms with Crippen LogP contribution >= 0.6 is 0 Å². The topological polar surface area (TPSA) is 38.9 Å². The molecule has 2 aromatic heterocycles. The number of para-hydroxylation sites is 2. The van der Waals surface area contributed by atoms with Crippen LogP contribution < -0.4 is 0 Å². The first kappa shape index (κ1) is 16.3. The maximum absolute atomic E-state index is 4.46. The van der Waals surface area contributed by atoms with E-state index in [0.717, 1.165) is 24.5 Å². The maximum Gasteiger partial charge on any atom is 0.0645 e. The second-order valence-corrected chi connectivity index (χ2v) is 6.43. The van der Waals surface area contributed by atoms with Crippen molar-refractivity contribution in [2.45, 2.75) is 13.1 Å². The Morgan fingerprint density at radius 3 is 1.54 bits per heavy atom. The molecule has 5 heteroatoms. The van der Waals surface area contributed by atoms with Crippen molar-refractivity contribution in [2.24, 2.45) is 0 Å². The summed E-state index contributed by atoms with van der Waals surface area (Å²) in [5, 5.41) is 8.93. The molecule has 4 aromatic rings. The van der Waals surface area contributed by atoms with E-state index in [0.29, 0.717) is 0 Å². The maximum atomic E-state index is 4.46. The van der Waals surface area contributed by atoms with E-state index in [2.05, 4.69) is 58.8 Å². The van der Waals surface area contributed by atoms with Crippen LogP contribution in [-0.2, 0) is 13.1 Å². The van der Waals surface area contributed by atoms with Crippen LogP contribution in [-0.4, -0.2) is 31.5 Å². The van der Waals surface area contributed by atoms with Gasteiger partial charge in [0.25, 0.3) is 0 Å². The Morgan fingerprint density at radius 2 is 1.12 bits per heavy atom. The Morgan fingerprint density at radius 1 is 0.692 bits per heavy atom. The summed E-state index contributed by atoms with van der Waals surface area (Å²) in [5.74, 6) is 0. The molecule has 0 bridgehead atoms. The summed E-state index contributed by atoms with van der Waals surface area (Å²) in [4.78, 5) is 2.26. The molecule has 0 amide bonds. The van der Waals surface area contributed by atoms with Gasteiger partial charge in [-0.05, 0) is 31.3 Å². The Balaban J connectivity index is 1.40. The van der Waals surface area contributed by atoms with Crippen molar-refractivity contribution in [2.75, 3.05) is 7.05 Å². The molecule has 5 nitrogen and oxygen atoms in total. The lowest BCUT2D eigenvalue weighted by molar-refractivity contribution is 0.319. The largest absolute Gasteiger partial charge is 0.298 e. The molecule has 0 atom stereocenters. The second-order valence-electron chi connectivity index (χ2n) is 6.43. The first-order valence-corrected chi connectivity index (χ1v) is 8.64. The van der Waals surface area contributed by atoms with Crippen LogP contribution in [0.3, 0.4) is 0 Å². The van der Waals surface area contributed by atoms with Gasteiger partial charge in [-0.3, -0.25) is 4.90 Å². The molecule has 0 spiro atoms. The van der Waals surface area contributed by atoms with E-state index >= 15 is 0 Å². The van der Waals surface area contributed by atoms with E-state index in [1.54, 1.807) is 0 Å². The van der Waals surface area contributed by atoms with E-state index in [1.165, 1.54) is 11.1 Å². The fraction of sp³-hybridized carbons (Fsp3) is 0.143. The highest BCUT2D eigenvalue weighted by Gasteiger charge is 2.07. The van der Waals surface area contributed by atoms with Gasteiger partial charge in [0, 0.05) is 36.6 Å². The number of hydrogen-bond acceptors (Lipinski definition) is 3. The van der Waals surface area contributed by atoms with Crippen molar-refractivity contribution in [1.29, 1.82) is 0 Å². The zero-order valence-corrected chi connectivity index (χ0v) is 14.7. The molecule has 0 unspecified atom stereocenters. The Kier molecular flexibility index (Phi) is 4.62. The standard InChI is InChI=1S/C21H21N5/c1-24(14-18-12-22-25(16-18)20-8-4-2-5-9-20)15-19-13-23-26(17-19)21-10-6-3-7-11-21/h2-13,16-17H,14-15H2,1H3. The van der Waals surface area contributed by atoms with Gasteiger partial charge in [0.1, 0.15) is 0 Å². The van der Waals surface area contributed by atoms with Gasteiger partial charge in [-0.2, -0.15) is 10.2 Å². The number of hydrogen-bond donors (Lipinski definition) is 0. The van der Waals surface area contributed by atoms with Crippen LogP contribution in [0.2, 0.25) is 0 Å². The first-order valence-electron chi connectivity index (χ1n) is 8.64. The van der Waals surface area contributed by atoms with Crippen molar-refractivity contribution < 1.29 is 0 Å². The lowest BCUT2D eigenvalue weighted by Crippen LogP contribution is -2.16. The molecule has 26 heavy (non-hydrogen) atoms. The molecule has 130 valence electrons. The fourth-order valence-electron chi connectivity index (χ4n) is 3.01. The molecule has 0 aliphatic heterocycles. The van der Waals surface area contributed by atoms with Gasteiger partial charge in [0.2, 0.25) is 0 Å². The third kappa shape index (κ3) is 3.73. The van der Waals surface area contributed by atoms with Crippen LogP contribution in [0.15, 0.2) is 85.5 Å². The van der Waals surface area contributed by atoms with Crippen LogP contribution in [0.4, 0.5) is 0 Å². The summed E-state index contributed by atoms with van der Waals surface area (Å²) >= 11 is 0. The zero-order chi connectivity index (χ0) is 17.8. The first-order chi connectivity index (χ1) is 12.8. The molecule has 4 rings (SSSR count). The third-order valence-corrected chi connectivity index (χ3v) is 4.22. The molecule has 2 aromatic carbocycles. The van der Waals surface area contributed by atoms with Crippen LogP contribution in [0.25, 0.3) is 11.4 Å². The molecule has 0 fully saturated rings.